The maximum Gasteiger partial charge on any atom is 0.462 e. The Morgan fingerprint density at radius 1 is 0.607 bits per heavy atom. The Hall–Kier alpha value is -2.36. The molecule has 3 heteroatoms. The van der Waals surface area contributed by atoms with Crippen molar-refractivity contribution in [1.29, 1.82) is 0 Å². The summed E-state index contributed by atoms with van der Waals surface area (Å²) in [5.41, 5.74) is 5.47. The number of hydrogen-bond acceptors (Lipinski definition) is 2. The average molecular weight is 370 g/mol. The van der Waals surface area contributed by atoms with Crippen LogP contribution < -0.4 is 0 Å². The molecular weight excluding hydrogens is 343 g/mol. The summed E-state index contributed by atoms with van der Waals surface area (Å²) in [6.45, 7) is 8.40. The molecule has 0 aromatic heterocycles. The first-order valence-corrected chi connectivity index (χ1v) is 9.94. The summed E-state index contributed by atoms with van der Waals surface area (Å²) in [6.07, 6.45) is 0.730. The van der Waals surface area contributed by atoms with E-state index in [0.29, 0.717) is 0 Å². The van der Waals surface area contributed by atoms with Crippen LogP contribution in [0.4, 0.5) is 0 Å². The molecule has 1 aliphatic heterocycles. The molecule has 0 N–H and O–H groups in total. The van der Waals surface area contributed by atoms with E-state index < -0.39 is 0 Å². The summed E-state index contributed by atoms with van der Waals surface area (Å²) in [5.74, 6) is 0. The van der Waals surface area contributed by atoms with Gasteiger partial charge in [0.05, 0.1) is 11.2 Å². The van der Waals surface area contributed by atoms with Crippen molar-refractivity contribution in [3.05, 3.63) is 84.4 Å². The highest BCUT2D eigenvalue weighted by Crippen LogP contribution is 2.38. The van der Waals surface area contributed by atoms with Crippen molar-refractivity contribution in [2.24, 2.45) is 0 Å². The van der Waals surface area contributed by atoms with Gasteiger partial charge in [-0.15, -0.1) is 0 Å². The van der Waals surface area contributed by atoms with Crippen LogP contribution in [0, 0.1) is 0 Å². The quantitative estimate of drug-likeness (QED) is 0.510. The van der Waals surface area contributed by atoms with Gasteiger partial charge in [-0.3, -0.25) is 0 Å². The largest absolute Gasteiger partial charge is 0.462 e. The van der Waals surface area contributed by atoms with Crippen molar-refractivity contribution in [2.45, 2.75) is 45.2 Å². The minimum Gasteiger partial charge on any atom is -0.403 e. The molecule has 142 valence electrons. The monoisotopic (exact) mass is 370 g/mol. The van der Waals surface area contributed by atoms with E-state index in [1.165, 1.54) is 27.8 Å². The number of rotatable bonds is 4. The molecule has 0 radical (unpaired) electrons. The highest BCUT2D eigenvalue weighted by molar-refractivity contribution is 6.45. The Morgan fingerprint density at radius 3 is 1.46 bits per heavy atom. The lowest BCUT2D eigenvalue weighted by atomic mass is 9.79. The molecule has 0 unspecified atom stereocenters. The van der Waals surface area contributed by atoms with Crippen molar-refractivity contribution in [3.8, 4) is 22.3 Å². The molecule has 3 aromatic carbocycles. The third-order valence-electron chi connectivity index (χ3n) is 5.91. The molecular formula is C25H27BO2. The van der Waals surface area contributed by atoms with E-state index in [-0.39, 0.29) is 18.3 Å². The summed E-state index contributed by atoms with van der Waals surface area (Å²) in [6, 6.07) is 27.8. The van der Waals surface area contributed by atoms with Crippen LogP contribution in [0.3, 0.4) is 0 Å². The topological polar surface area (TPSA) is 18.5 Å². The molecule has 3 aromatic rings. The minimum atomic E-state index is -0.309. The molecule has 1 aliphatic rings. The van der Waals surface area contributed by atoms with E-state index in [9.17, 15) is 0 Å². The van der Waals surface area contributed by atoms with Gasteiger partial charge >= 0.3 is 7.12 Å². The second-order valence-corrected chi connectivity index (χ2v) is 8.54. The van der Waals surface area contributed by atoms with Gasteiger partial charge in [0.25, 0.3) is 0 Å². The van der Waals surface area contributed by atoms with E-state index in [2.05, 4.69) is 107 Å². The molecule has 0 amide bonds. The smallest absolute Gasteiger partial charge is 0.403 e. The van der Waals surface area contributed by atoms with Crippen LogP contribution in [0.2, 0.25) is 0 Å². The van der Waals surface area contributed by atoms with Crippen LogP contribution in [0.5, 0.6) is 0 Å². The third kappa shape index (κ3) is 3.78. The van der Waals surface area contributed by atoms with Crippen molar-refractivity contribution < 1.29 is 9.31 Å². The van der Waals surface area contributed by atoms with Crippen LogP contribution in [0.15, 0.2) is 78.9 Å². The first-order valence-electron chi connectivity index (χ1n) is 9.94. The lowest BCUT2D eigenvalue weighted by Crippen LogP contribution is -2.41. The standard InChI is InChI=1S/C25H27BO2/c1-24(2)25(3,4)28-26(27-24)18-19-15-22(20-11-7-5-8-12-20)17-23(16-19)21-13-9-6-10-14-21/h5-17H,18H2,1-4H3. The molecule has 1 fully saturated rings. The molecule has 0 spiro atoms. The second-order valence-electron chi connectivity index (χ2n) is 8.54. The molecule has 0 bridgehead atoms. The Bertz CT molecular complexity index is 875. The van der Waals surface area contributed by atoms with E-state index in [0.717, 1.165) is 6.32 Å². The number of hydrogen-bond donors (Lipinski definition) is 0. The Balaban J connectivity index is 1.71. The molecule has 0 aliphatic carbocycles. The van der Waals surface area contributed by atoms with Gasteiger partial charge in [-0.1, -0.05) is 72.8 Å². The predicted molar refractivity (Wildman–Crippen MR) is 117 cm³/mol. The van der Waals surface area contributed by atoms with E-state index >= 15 is 0 Å². The first-order chi connectivity index (χ1) is 13.3. The van der Waals surface area contributed by atoms with Crippen LogP contribution >= 0.6 is 0 Å². The zero-order valence-electron chi connectivity index (χ0n) is 17.1. The third-order valence-corrected chi connectivity index (χ3v) is 5.91. The molecule has 1 heterocycles. The molecule has 28 heavy (non-hydrogen) atoms. The van der Waals surface area contributed by atoms with Gasteiger partial charge < -0.3 is 9.31 Å². The van der Waals surface area contributed by atoms with Gasteiger partial charge in [-0.25, -0.2) is 0 Å². The lowest BCUT2D eigenvalue weighted by molar-refractivity contribution is 0.00578. The molecule has 4 rings (SSSR count). The van der Waals surface area contributed by atoms with Gasteiger partial charge in [0.15, 0.2) is 0 Å². The zero-order valence-corrected chi connectivity index (χ0v) is 17.1. The minimum absolute atomic E-state index is 0.236. The fourth-order valence-corrected chi connectivity index (χ4v) is 3.65. The molecule has 1 saturated heterocycles. The summed E-state index contributed by atoms with van der Waals surface area (Å²) in [4.78, 5) is 0. The van der Waals surface area contributed by atoms with Gasteiger partial charge in [0.1, 0.15) is 0 Å². The van der Waals surface area contributed by atoms with Crippen molar-refractivity contribution >= 4 is 7.12 Å². The fourth-order valence-electron chi connectivity index (χ4n) is 3.65. The highest BCUT2D eigenvalue weighted by atomic mass is 16.7. The predicted octanol–water partition coefficient (Wildman–Crippen LogP) is 6.19. The lowest BCUT2D eigenvalue weighted by Gasteiger charge is -2.32. The van der Waals surface area contributed by atoms with Gasteiger partial charge in [0, 0.05) is 6.32 Å². The van der Waals surface area contributed by atoms with Gasteiger partial charge in [-0.2, -0.15) is 0 Å². The van der Waals surface area contributed by atoms with Gasteiger partial charge in [0.2, 0.25) is 0 Å². The maximum absolute atomic E-state index is 6.24. The number of benzene rings is 3. The van der Waals surface area contributed by atoms with Crippen molar-refractivity contribution in [1.82, 2.24) is 0 Å². The maximum atomic E-state index is 6.24. The zero-order chi connectivity index (χ0) is 19.8. The summed E-state index contributed by atoms with van der Waals surface area (Å²) >= 11 is 0. The SMILES string of the molecule is CC1(C)OB(Cc2cc(-c3ccccc3)cc(-c3ccccc3)c2)OC1(C)C. The average Bonchev–Trinajstić information content (AvgIpc) is 2.89. The highest BCUT2D eigenvalue weighted by Gasteiger charge is 2.50. The molecule has 0 saturated carbocycles. The van der Waals surface area contributed by atoms with E-state index in [4.69, 9.17) is 9.31 Å². The van der Waals surface area contributed by atoms with Crippen LogP contribution in [0.25, 0.3) is 22.3 Å². The summed E-state index contributed by atoms with van der Waals surface area (Å²) in [7, 11) is -0.236. The first kappa shape index (κ1) is 19.0. The second kappa shape index (κ2) is 7.23. The van der Waals surface area contributed by atoms with E-state index in [1.807, 2.05) is 0 Å². The summed E-state index contributed by atoms with van der Waals surface area (Å²) < 4.78 is 12.5. The normalized spacial score (nSPS) is 17.6. The van der Waals surface area contributed by atoms with Crippen LogP contribution in [-0.2, 0) is 15.6 Å². The van der Waals surface area contributed by atoms with E-state index in [1.54, 1.807) is 0 Å². The van der Waals surface area contributed by atoms with Crippen molar-refractivity contribution in [2.75, 3.05) is 0 Å². The van der Waals surface area contributed by atoms with Crippen LogP contribution in [0.1, 0.15) is 33.3 Å². The van der Waals surface area contributed by atoms with Crippen molar-refractivity contribution in [3.63, 3.8) is 0 Å². The van der Waals surface area contributed by atoms with Gasteiger partial charge in [-0.05, 0) is 61.6 Å². The molecule has 0 atom stereocenters. The molecule has 2 nitrogen and oxygen atoms in total. The van der Waals surface area contributed by atoms with Crippen LogP contribution in [-0.4, -0.2) is 18.3 Å². The Morgan fingerprint density at radius 2 is 1.04 bits per heavy atom. The summed E-state index contributed by atoms with van der Waals surface area (Å²) in [5, 5.41) is 0. The Kier molecular flexibility index (Phi) is 4.90. The fraction of sp³-hybridized carbons (Fsp3) is 0.280. The Labute approximate surface area is 168 Å².